The van der Waals surface area contributed by atoms with Gasteiger partial charge in [0.15, 0.2) is 0 Å². The van der Waals surface area contributed by atoms with Crippen LogP contribution in [0.1, 0.15) is 42.7 Å². The molecular weight excluding hydrogens is 421 g/mol. The Bertz CT molecular complexity index is 1160. The third kappa shape index (κ3) is 4.25. The number of amides is 1. The van der Waals surface area contributed by atoms with E-state index in [0.717, 1.165) is 0 Å². The molecule has 164 valence electrons. The first-order chi connectivity index (χ1) is 14.8. The number of benzene rings is 1. The largest absolute Gasteiger partial charge is 0.356 e. The number of nitrogens with one attached hydrogen (secondary N) is 1. The predicted octanol–water partition coefficient (Wildman–Crippen LogP) is 2.41. The summed E-state index contributed by atoms with van der Waals surface area (Å²) in [6, 6.07) is 7.05. The molecular formula is C21H24FN5O3S. The highest BCUT2D eigenvalue weighted by Crippen LogP contribution is 2.34. The number of halogens is 1. The van der Waals surface area contributed by atoms with Crippen LogP contribution in [0, 0.1) is 5.82 Å². The van der Waals surface area contributed by atoms with E-state index < -0.39 is 15.8 Å². The van der Waals surface area contributed by atoms with Crippen LogP contribution in [-0.2, 0) is 16.6 Å². The summed E-state index contributed by atoms with van der Waals surface area (Å²) in [4.78, 5) is 14.4. The van der Waals surface area contributed by atoms with Crippen molar-refractivity contribution in [3.63, 3.8) is 0 Å². The maximum absolute atomic E-state index is 13.2. The van der Waals surface area contributed by atoms with Crippen molar-refractivity contribution in [1.82, 2.24) is 20.0 Å². The van der Waals surface area contributed by atoms with Crippen LogP contribution in [0.25, 0.3) is 4.91 Å². The van der Waals surface area contributed by atoms with Crippen LogP contribution >= 0.6 is 0 Å². The molecule has 1 fully saturated rings. The molecule has 0 saturated carbocycles. The Kier molecular flexibility index (Phi) is 5.65. The topological polar surface area (TPSA) is 96.7 Å². The summed E-state index contributed by atoms with van der Waals surface area (Å²) in [6.07, 6.45) is 3.10. The number of carbonyl (C=O) groups excluding carboxylic acids is 1. The third-order valence-electron chi connectivity index (χ3n) is 5.57. The van der Waals surface area contributed by atoms with Crippen LogP contribution < -0.4 is 5.32 Å². The lowest BCUT2D eigenvalue weighted by atomic mass is 10.0. The highest BCUT2D eigenvalue weighted by Gasteiger charge is 2.35. The summed E-state index contributed by atoms with van der Waals surface area (Å²) in [5.74, 6) is -0.212. The number of aryl methyl sites for hydroxylation is 1. The van der Waals surface area contributed by atoms with E-state index in [1.54, 1.807) is 23.9 Å². The molecule has 1 N–H and O–H groups in total. The van der Waals surface area contributed by atoms with Gasteiger partial charge in [0.1, 0.15) is 22.3 Å². The van der Waals surface area contributed by atoms with Gasteiger partial charge in [0.05, 0.1) is 0 Å². The summed E-state index contributed by atoms with van der Waals surface area (Å²) < 4.78 is 44.3. The Morgan fingerprint density at radius 3 is 2.48 bits per heavy atom. The maximum atomic E-state index is 13.2. The zero-order valence-electron chi connectivity index (χ0n) is 17.4. The molecule has 3 heterocycles. The van der Waals surface area contributed by atoms with Crippen molar-refractivity contribution >= 4 is 26.7 Å². The number of hydrogen-bond acceptors (Lipinski definition) is 5. The minimum atomic E-state index is -3.85. The molecule has 1 amide bonds. The van der Waals surface area contributed by atoms with Crippen LogP contribution in [0.3, 0.4) is 0 Å². The molecule has 8 nitrogen and oxygen atoms in total. The summed E-state index contributed by atoms with van der Waals surface area (Å²) >= 11 is 0. The van der Waals surface area contributed by atoms with Gasteiger partial charge in [-0.15, -0.1) is 4.40 Å². The van der Waals surface area contributed by atoms with E-state index >= 15 is 0 Å². The van der Waals surface area contributed by atoms with Gasteiger partial charge in [-0.05, 0) is 50.5 Å². The van der Waals surface area contributed by atoms with Crippen LogP contribution in [-0.4, -0.2) is 54.0 Å². The fourth-order valence-electron chi connectivity index (χ4n) is 3.94. The number of sulfonamides is 1. The van der Waals surface area contributed by atoms with Crippen molar-refractivity contribution in [3.8, 4) is 0 Å². The zero-order valence-corrected chi connectivity index (χ0v) is 18.2. The Morgan fingerprint density at radius 1 is 1.19 bits per heavy atom. The molecule has 0 atom stereocenters. The Morgan fingerprint density at radius 2 is 1.87 bits per heavy atom. The monoisotopic (exact) mass is 445 g/mol. The first kappa shape index (κ1) is 21.2. The van der Waals surface area contributed by atoms with E-state index in [0.29, 0.717) is 55.1 Å². The lowest BCUT2D eigenvalue weighted by Crippen LogP contribution is -2.46. The number of likely N-dealkylation sites (tertiary alicyclic amines) is 1. The van der Waals surface area contributed by atoms with E-state index in [1.807, 2.05) is 11.8 Å². The number of aromatic nitrogens is 2. The van der Waals surface area contributed by atoms with Crippen LogP contribution in [0.15, 0.2) is 46.5 Å². The second-order valence-corrected chi connectivity index (χ2v) is 9.18. The first-order valence-electron chi connectivity index (χ1n) is 10.2. The first-order valence-corrected chi connectivity index (χ1v) is 11.6. The number of nitrogens with zero attached hydrogens (tertiary/aromatic N) is 4. The lowest BCUT2D eigenvalue weighted by Gasteiger charge is -2.33. The molecule has 2 aromatic rings. The molecule has 1 aromatic carbocycles. The molecule has 2 aliphatic heterocycles. The van der Waals surface area contributed by atoms with Crippen LogP contribution in [0.2, 0.25) is 0 Å². The lowest BCUT2D eigenvalue weighted by molar-refractivity contribution is 0.0916. The molecule has 31 heavy (non-hydrogen) atoms. The number of piperidine rings is 1. The second kappa shape index (κ2) is 8.26. The summed E-state index contributed by atoms with van der Waals surface area (Å²) in [5.41, 5.74) is 1.36. The van der Waals surface area contributed by atoms with E-state index in [2.05, 4.69) is 14.8 Å². The van der Waals surface area contributed by atoms with Crippen molar-refractivity contribution in [1.29, 1.82) is 0 Å². The average molecular weight is 446 g/mol. The van der Waals surface area contributed by atoms with E-state index in [1.165, 1.54) is 24.3 Å². The highest BCUT2D eigenvalue weighted by atomic mass is 32.2. The minimum absolute atomic E-state index is 0.0185. The SMILES string of the molecule is CCn1ccc(C(=O)NC2CCN(C3=NS(=O)(=O)C(c4ccc(F)cc4)=C3C)CC2)n1. The van der Waals surface area contributed by atoms with Gasteiger partial charge in [0, 0.05) is 37.4 Å². The van der Waals surface area contributed by atoms with E-state index in [9.17, 15) is 17.6 Å². The molecule has 0 radical (unpaired) electrons. The van der Waals surface area contributed by atoms with Crippen LogP contribution in [0.5, 0.6) is 0 Å². The van der Waals surface area contributed by atoms with Crippen molar-refractivity contribution in [2.24, 2.45) is 4.40 Å². The molecule has 0 aliphatic carbocycles. The van der Waals surface area contributed by atoms with Crippen molar-refractivity contribution in [2.45, 2.75) is 39.3 Å². The highest BCUT2D eigenvalue weighted by molar-refractivity contribution is 8.00. The summed E-state index contributed by atoms with van der Waals surface area (Å²) in [5, 5.41) is 7.22. The predicted molar refractivity (Wildman–Crippen MR) is 115 cm³/mol. The van der Waals surface area contributed by atoms with Gasteiger partial charge >= 0.3 is 0 Å². The molecule has 0 spiro atoms. The fourth-order valence-corrected chi connectivity index (χ4v) is 5.42. The standard InChI is InChI=1S/C21H24FN5O3S/c1-3-27-13-10-18(24-27)21(28)23-17-8-11-26(12-9-17)20-14(2)19(31(29,30)25-20)15-4-6-16(22)7-5-15/h4-7,10,13,17H,3,8-9,11-12H2,1-2H3,(H,23,28). The van der Waals surface area contributed by atoms with Crippen molar-refractivity contribution < 1.29 is 17.6 Å². The molecule has 0 bridgehead atoms. The molecule has 1 saturated heterocycles. The minimum Gasteiger partial charge on any atom is -0.356 e. The zero-order chi connectivity index (χ0) is 22.2. The van der Waals surface area contributed by atoms with Gasteiger partial charge in [0.25, 0.3) is 15.9 Å². The maximum Gasteiger partial charge on any atom is 0.285 e. The number of amidine groups is 1. The molecule has 1 aromatic heterocycles. The number of hydrogen-bond donors (Lipinski definition) is 1. The number of carbonyl (C=O) groups is 1. The Hall–Kier alpha value is -3.01. The smallest absolute Gasteiger partial charge is 0.285 e. The third-order valence-corrected chi connectivity index (χ3v) is 7.05. The number of rotatable bonds is 4. The van der Waals surface area contributed by atoms with Gasteiger partial charge < -0.3 is 10.2 Å². The normalized spacial score (nSPS) is 18.9. The van der Waals surface area contributed by atoms with Crippen molar-refractivity contribution in [3.05, 3.63) is 59.2 Å². The molecule has 4 rings (SSSR count). The summed E-state index contributed by atoms with van der Waals surface area (Å²) in [6.45, 7) is 5.51. The second-order valence-electron chi connectivity index (χ2n) is 7.64. The van der Waals surface area contributed by atoms with Gasteiger partial charge in [0.2, 0.25) is 0 Å². The van der Waals surface area contributed by atoms with Gasteiger partial charge in [-0.3, -0.25) is 9.48 Å². The average Bonchev–Trinajstić information content (AvgIpc) is 3.32. The molecule has 2 aliphatic rings. The summed E-state index contributed by atoms with van der Waals surface area (Å²) in [7, 11) is -3.85. The van der Waals surface area contributed by atoms with Gasteiger partial charge in [-0.25, -0.2) is 4.39 Å². The fraction of sp³-hybridized carbons (Fsp3) is 0.381. The quantitative estimate of drug-likeness (QED) is 0.780. The van der Waals surface area contributed by atoms with E-state index in [4.69, 9.17) is 0 Å². The van der Waals surface area contributed by atoms with Crippen molar-refractivity contribution in [2.75, 3.05) is 13.1 Å². The van der Waals surface area contributed by atoms with Crippen LogP contribution in [0.4, 0.5) is 4.39 Å². The van der Waals surface area contributed by atoms with Gasteiger partial charge in [-0.2, -0.15) is 13.5 Å². The molecule has 0 unspecified atom stereocenters. The Labute approximate surface area is 180 Å². The Balaban J connectivity index is 1.43. The van der Waals surface area contributed by atoms with E-state index in [-0.39, 0.29) is 16.9 Å². The molecule has 10 heteroatoms. The van der Waals surface area contributed by atoms with Gasteiger partial charge in [-0.1, -0.05) is 12.1 Å².